The minimum Gasteiger partial charge on any atom is -0.321 e. The molecule has 5 nitrogen and oxygen atoms in total. The van der Waals surface area contributed by atoms with Gasteiger partial charge in [-0.2, -0.15) is 4.31 Å². The summed E-state index contributed by atoms with van der Waals surface area (Å²) in [5, 5.41) is 3.13. The van der Waals surface area contributed by atoms with Gasteiger partial charge in [0.2, 0.25) is 10.0 Å². The number of amides is 1. The van der Waals surface area contributed by atoms with E-state index in [1.807, 2.05) is 32.0 Å². The Hall–Kier alpha value is -1.89. The molecule has 2 aromatic carbocycles. The number of para-hydroxylation sites is 1. The van der Waals surface area contributed by atoms with Gasteiger partial charge in [0.15, 0.2) is 0 Å². The third-order valence-corrected chi connectivity index (χ3v) is 7.09. The highest BCUT2D eigenvalue weighted by Crippen LogP contribution is 2.27. The molecule has 144 valence electrons. The Balaban J connectivity index is 1.94. The monoisotopic (exact) mass is 406 g/mol. The van der Waals surface area contributed by atoms with Gasteiger partial charge in [-0.05, 0) is 55.5 Å². The first-order valence-electron chi connectivity index (χ1n) is 9.04. The van der Waals surface area contributed by atoms with Crippen LogP contribution in [0.2, 0.25) is 5.02 Å². The van der Waals surface area contributed by atoms with Gasteiger partial charge in [0.1, 0.15) is 0 Å². The molecule has 1 saturated heterocycles. The van der Waals surface area contributed by atoms with Gasteiger partial charge in [-0.1, -0.05) is 36.7 Å². The predicted octanol–water partition coefficient (Wildman–Crippen LogP) is 4.25. The number of benzene rings is 2. The lowest BCUT2D eigenvalue weighted by Gasteiger charge is -2.17. The molecule has 3 rings (SSSR count). The smallest absolute Gasteiger partial charge is 0.257 e. The molecular formula is C20H23ClN2O3S. The third-order valence-electron chi connectivity index (χ3n) is 4.86. The highest BCUT2D eigenvalue weighted by molar-refractivity contribution is 7.89. The Morgan fingerprint density at radius 1 is 1.19 bits per heavy atom. The zero-order valence-electron chi connectivity index (χ0n) is 15.5. The Morgan fingerprint density at radius 2 is 1.89 bits per heavy atom. The third kappa shape index (κ3) is 4.03. The van der Waals surface area contributed by atoms with E-state index in [0.29, 0.717) is 13.1 Å². The Kier molecular flexibility index (Phi) is 5.89. The SMILES string of the molecule is CCc1cccc(C)c1NC(=O)c1cc(S(=O)(=O)N2CCCC2)ccc1Cl. The first-order valence-corrected chi connectivity index (χ1v) is 10.9. The van der Waals surface area contributed by atoms with Gasteiger partial charge in [-0.15, -0.1) is 0 Å². The highest BCUT2D eigenvalue weighted by atomic mass is 35.5. The average Bonchev–Trinajstić information content (AvgIpc) is 3.19. The van der Waals surface area contributed by atoms with Crippen molar-refractivity contribution in [3.63, 3.8) is 0 Å². The molecule has 1 heterocycles. The number of sulfonamides is 1. The number of nitrogens with one attached hydrogen (secondary N) is 1. The van der Waals surface area contributed by atoms with Crippen LogP contribution < -0.4 is 5.32 Å². The molecule has 0 spiro atoms. The molecule has 1 N–H and O–H groups in total. The van der Waals surface area contributed by atoms with Crippen LogP contribution in [0.4, 0.5) is 5.69 Å². The Morgan fingerprint density at radius 3 is 2.56 bits per heavy atom. The van der Waals surface area contributed by atoms with Crippen molar-refractivity contribution in [2.75, 3.05) is 18.4 Å². The number of nitrogens with zero attached hydrogens (tertiary/aromatic N) is 1. The normalized spacial score (nSPS) is 15.1. The maximum absolute atomic E-state index is 12.9. The van der Waals surface area contributed by atoms with E-state index < -0.39 is 15.9 Å². The summed E-state index contributed by atoms with van der Waals surface area (Å²) in [5.41, 5.74) is 2.86. The molecule has 7 heteroatoms. The minimum absolute atomic E-state index is 0.0967. The van der Waals surface area contributed by atoms with Crippen LogP contribution in [0.1, 0.15) is 41.3 Å². The number of anilines is 1. The van der Waals surface area contributed by atoms with E-state index in [4.69, 9.17) is 11.6 Å². The van der Waals surface area contributed by atoms with E-state index in [1.165, 1.54) is 22.5 Å². The fourth-order valence-corrected chi connectivity index (χ4v) is 5.05. The van der Waals surface area contributed by atoms with Gasteiger partial charge in [0, 0.05) is 18.8 Å². The summed E-state index contributed by atoms with van der Waals surface area (Å²) in [7, 11) is -3.61. The lowest BCUT2D eigenvalue weighted by atomic mass is 10.1. The summed E-state index contributed by atoms with van der Waals surface area (Å²) in [4.78, 5) is 12.9. The molecule has 0 aromatic heterocycles. The molecule has 0 unspecified atom stereocenters. The van der Waals surface area contributed by atoms with Crippen molar-refractivity contribution >= 4 is 33.2 Å². The van der Waals surface area contributed by atoms with Crippen LogP contribution in [0.25, 0.3) is 0 Å². The van der Waals surface area contributed by atoms with E-state index in [0.717, 1.165) is 36.1 Å². The second-order valence-electron chi connectivity index (χ2n) is 6.67. The standard InChI is InChI=1S/C20H23ClN2O3S/c1-3-15-8-6-7-14(2)19(15)22-20(24)17-13-16(9-10-18(17)21)27(25,26)23-11-4-5-12-23/h6-10,13H,3-5,11-12H2,1-2H3,(H,22,24). The summed E-state index contributed by atoms with van der Waals surface area (Å²) in [5.74, 6) is -0.414. The molecule has 0 saturated carbocycles. The van der Waals surface area contributed by atoms with Gasteiger partial charge < -0.3 is 5.32 Å². The molecule has 1 amide bonds. The second-order valence-corrected chi connectivity index (χ2v) is 9.01. The number of halogens is 1. The molecule has 1 aliphatic rings. The average molecular weight is 407 g/mol. The zero-order valence-corrected chi connectivity index (χ0v) is 17.0. The lowest BCUT2D eigenvalue weighted by molar-refractivity contribution is 0.102. The molecule has 1 aliphatic heterocycles. The van der Waals surface area contributed by atoms with Gasteiger partial charge in [-0.25, -0.2) is 8.42 Å². The Labute approximate surface area is 165 Å². The fourth-order valence-electron chi connectivity index (χ4n) is 3.30. The number of carbonyl (C=O) groups is 1. The van der Waals surface area contributed by atoms with Crippen molar-refractivity contribution in [3.8, 4) is 0 Å². The van der Waals surface area contributed by atoms with Crippen LogP contribution >= 0.6 is 11.6 Å². The summed E-state index contributed by atoms with van der Waals surface area (Å²) >= 11 is 6.21. The lowest BCUT2D eigenvalue weighted by Crippen LogP contribution is -2.28. The van der Waals surface area contributed by atoms with Crippen molar-refractivity contribution in [2.24, 2.45) is 0 Å². The molecule has 27 heavy (non-hydrogen) atoms. The first kappa shape index (κ1) is 19.9. The molecule has 0 radical (unpaired) electrons. The van der Waals surface area contributed by atoms with Crippen LogP contribution in [0, 0.1) is 6.92 Å². The Bertz CT molecular complexity index is 967. The quantitative estimate of drug-likeness (QED) is 0.807. The van der Waals surface area contributed by atoms with Crippen LogP contribution in [0.15, 0.2) is 41.3 Å². The maximum Gasteiger partial charge on any atom is 0.257 e. The second kappa shape index (κ2) is 8.00. The summed E-state index contributed by atoms with van der Waals surface area (Å²) in [6.07, 6.45) is 2.48. The largest absolute Gasteiger partial charge is 0.321 e. The van der Waals surface area contributed by atoms with Crippen molar-refractivity contribution < 1.29 is 13.2 Å². The van der Waals surface area contributed by atoms with E-state index in [2.05, 4.69) is 5.32 Å². The van der Waals surface area contributed by atoms with Crippen molar-refractivity contribution in [1.82, 2.24) is 4.31 Å². The van der Waals surface area contributed by atoms with Crippen LogP contribution in [-0.4, -0.2) is 31.7 Å². The summed E-state index contributed by atoms with van der Waals surface area (Å²) in [6, 6.07) is 10.1. The van der Waals surface area contributed by atoms with E-state index in [-0.39, 0.29) is 15.5 Å². The van der Waals surface area contributed by atoms with Crippen molar-refractivity contribution in [2.45, 2.75) is 38.0 Å². The van der Waals surface area contributed by atoms with Crippen LogP contribution in [-0.2, 0) is 16.4 Å². The summed E-state index contributed by atoms with van der Waals surface area (Å²) < 4.78 is 27.0. The molecule has 0 atom stereocenters. The van der Waals surface area contributed by atoms with Crippen LogP contribution in [0.5, 0.6) is 0 Å². The number of carbonyl (C=O) groups excluding carboxylic acids is 1. The summed E-state index contributed by atoms with van der Waals surface area (Å²) in [6.45, 7) is 4.95. The van der Waals surface area contributed by atoms with Gasteiger partial charge in [-0.3, -0.25) is 4.79 Å². The predicted molar refractivity (Wildman–Crippen MR) is 108 cm³/mol. The number of hydrogen-bond donors (Lipinski definition) is 1. The number of aryl methyl sites for hydroxylation is 2. The first-order chi connectivity index (χ1) is 12.8. The van der Waals surface area contributed by atoms with Gasteiger partial charge >= 0.3 is 0 Å². The van der Waals surface area contributed by atoms with E-state index in [1.54, 1.807) is 0 Å². The van der Waals surface area contributed by atoms with Crippen LogP contribution in [0.3, 0.4) is 0 Å². The topological polar surface area (TPSA) is 66.5 Å². The van der Waals surface area contributed by atoms with E-state index in [9.17, 15) is 13.2 Å². The van der Waals surface area contributed by atoms with E-state index >= 15 is 0 Å². The molecule has 2 aromatic rings. The molecule has 0 aliphatic carbocycles. The zero-order chi connectivity index (χ0) is 19.6. The highest BCUT2D eigenvalue weighted by Gasteiger charge is 2.28. The van der Waals surface area contributed by atoms with Gasteiger partial charge in [0.25, 0.3) is 5.91 Å². The maximum atomic E-state index is 12.9. The minimum atomic E-state index is -3.61. The van der Waals surface area contributed by atoms with Crippen molar-refractivity contribution in [3.05, 3.63) is 58.1 Å². The molecule has 1 fully saturated rings. The fraction of sp³-hybridized carbons (Fsp3) is 0.350. The number of hydrogen-bond acceptors (Lipinski definition) is 3. The molecular weight excluding hydrogens is 384 g/mol. The number of rotatable bonds is 5. The van der Waals surface area contributed by atoms with Crippen molar-refractivity contribution in [1.29, 1.82) is 0 Å². The van der Waals surface area contributed by atoms with Gasteiger partial charge in [0.05, 0.1) is 15.5 Å². The molecule has 0 bridgehead atoms.